The molecule has 2 N–H and O–H groups in total. The minimum absolute atomic E-state index is 0.0114. The highest BCUT2D eigenvalue weighted by Crippen LogP contribution is 2.08. The fourth-order valence-corrected chi connectivity index (χ4v) is 1.67. The predicted octanol–water partition coefficient (Wildman–Crippen LogP) is 0.865. The number of nitrogens with one attached hydrogen (secondary N) is 1. The lowest BCUT2D eigenvalue weighted by molar-refractivity contribution is 0.0908. The number of amides is 1. The molecule has 0 aliphatic rings. The van der Waals surface area contributed by atoms with E-state index in [-0.39, 0.29) is 18.6 Å². The third-order valence-electron chi connectivity index (χ3n) is 3.01. The summed E-state index contributed by atoms with van der Waals surface area (Å²) in [5.74, 6) is 0.957. The first kappa shape index (κ1) is 13.7. The molecule has 0 aliphatic carbocycles. The van der Waals surface area contributed by atoms with E-state index in [4.69, 9.17) is 5.11 Å². The Hall–Kier alpha value is -1.36. The number of hydrogen-bond acceptors (Lipinski definition) is 3. The van der Waals surface area contributed by atoms with Gasteiger partial charge < -0.3 is 15.0 Å². The fourth-order valence-electron chi connectivity index (χ4n) is 1.67. The zero-order valence-electron chi connectivity index (χ0n) is 10.9. The molecule has 0 spiro atoms. The van der Waals surface area contributed by atoms with Gasteiger partial charge in [0.2, 0.25) is 0 Å². The van der Waals surface area contributed by atoms with Gasteiger partial charge in [0.1, 0.15) is 11.5 Å². The zero-order valence-corrected chi connectivity index (χ0v) is 10.9. The van der Waals surface area contributed by atoms with Crippen LogP contribution in [-0.4, -0.2) is 33.2 Å². The van der Waals surface area contributed by atoms with Crippen LogP contribution in [0, 0.1) is 12.8 Å². The molecule has 1 heterocycles. The van der Waals surface area contributed by atoms with Crippen molar-refractivity contribution < 1.29 is 9.90 Å². The van der Waals surface area contributed by atoms with Crippen LogP contribution in [0.5, 0.6) is 0 Å². The average molecular weight is 239 g/mol. The smallest absolute Gasteiger partial charge is 0.269 e. The molecule has 5 nitrogen and oxygen atoms in total. The van der Waals surface area contributed by atoms with Crippen LogP contribution < -0.4 is 5.32 Å². The van der Waals surface area contributed by atoms with Crippen molar-refractivity contribution in [2.45, 2.75) is 33.2 Å². The second-order valence-electron chi connectivity index (χ2n) is 4.59. The molecule has 1 rings (SSSR count). The predicted molar refractivity (Wildman–Crippen MR) is 65.7 cm³/mol. The van der Waals surface area contributed by atoms with Gasteiger partial charge in [-0.1, -0.05) is 13.8 Å². The van der Waals surface area contributed by atoms with Crippen molar-refractivity contribution in [3.63, 3.8) is 0 Å². The van der Waals surface area contributed by atoms with Crippen molar-refractivity contribution in [2.24, 2.45) is 13.0 Å². The number of imidazole rings is 1. The highest BCUT2D eigenvalue weighted by molar-refractivity contribution is 5.92. The van der Waals surface area contributed by atoms with Gasteiger partial charge in [-0.05, 0) is 19.3 Å². The summed E-state index contributed by atoms with van der Waals surface area (Å²) in [6.07, 6.45) is 2.14. The first-order chi connectivity index (χ1) is 7.97. The third kappa shape index (κ3) is 3.30. The molecule has 0 aromatic carbocycles. The van der Waals surface area contributed by atoms with Crippen molar-refractivity contribution in [3.8, 4) is 0 Å². The Morgan fingerprint density at radius 1 is 1.59 bits per heavy atom. The van der Waals surface area contributed by atoms with Gasteiger partial charge in [0.25, 0.3) is 5.91 Å². The molecule has 0 radical (unpaired) electrons. The molecular formula is C12H21N3O2. The van der Waals surface area contributed by atoms with Crippen LogP contribution in [0.4, 0.5) is 0 Å². The van der Waals surface area contributed by atoms with Crippen LogP contribution >= 0.6 is 0 Å². The Balaban J connectivity index is 2.74. The van der Waals surface area contributed by atoms with Crippen LogP contribution in [-0.2, 0) is 7.05 Å². The minimum Gasteiger partial charge on any atom is -0.396 e. The van der Waals surface area contributed by atoms with Gasteiger partial charge in [0, 0.05) is 19.7 Å². The van der Waals surface area contributed by atoms with E-state index in [2.05, 4.69) is 10.3 Å². The van der Waals surface area contributed by atoms with E-state index in [1.54, 1.807) is 10.8 Å². The highest BCUT2D eigenvalue weighted by Gasteiger charge is 2.19. The van der Waals surface area contributed by atoms with Gasteiger partial charge in [-0.2, -0.15) is 0 Å². The molecule has 0 fully saturated rings. The second kappa shape index (κ2) is 5.82. The van der Waals surface area contributed by atoms with E-state index >= 15 is 0 Å². The summed E-state index contributed by atoms with van der Waals surface area (Å²) >= 11 is 0. The highest BCUT2D eigenvalue weighted by atomic mass is 16.3. The Morgan fingerprint density at radius 3 is 2.65 bits per heavy atom. The molecule has 1 amide bonds. The second-order valence-corrected chi connectivity index (χ2v) is 4.59. The molecule has 0 aliphatic heterocycles. The van der Waals surface area contributed by atoms with E-state index in [9.17, 15) is 4.79 Å². The van der Waals surface area contributed by atoms with E-state index in [0.717, 1.165) is 5.82 Å². The van der Waals surface area contributed by atoms with Gasteiger partial charge >= 0.3 is 0 Å². The van der Waals surface area contributed by atoms with E-state index in [1.165, 1.54) is 0 Å². The van der Waals surface area contributed by atoms with E-state index in [1.807, 2.05) is 27.8 Å². The van der Waals surface area contributed by atoms with Crippen molar-refractivity contribution in [1.29, 1.82) is 0 Å². The molecule has 0 saturated carbocycles. The SMILES string of the molecule is Cc1ncc(C(=O)NC(CCO)C(C)C)n1C. The molecule has 0 bridgehead atoms. The Morgan fingerprint density at radius 2 is 2.24 bits per heavy atom. The number of carbonyl (C=O) groups excluding carboxylic acids is 1. The van der Waals surface area contributed by atoms with Crippen molar-refractivity contribution in [1.82, 2.24) is 14.9 Å². The number of aromatic nitrogens is 2. The molecule has 1 aromatic rings. The lowest BCUT2D eigenvalue weighted by Crippen LogP contribution is -2.39. The maximum absolute atomic E-state index is 12.0. The summed E-state index contributed by atoms with van der Waals surface area (Å²) in [4.78, 5) is 16.1. The zero-order chi connectivity index (χ0) is 13.0. The van der Waals surface area contributed by atoms with Crippen LogP contribution in [0.1, 0.15) is 36.6 Å². The van der Waals surface area contributed by atoms with Crippen LogP contribution in [0.15, 0.2) is 6.20 Å². The lowest BCUT2D eigenvalue weighted by Gasteiger charge is -2.21. The maximum Gasteiger partial charge on any atom is 0.269 e. The Bertz CT molecular complexity index is 385. The molecule has 96 valence electrons. The number of aliphatic hydroxyl groups excluding tert-OH is 1. The largest absolute Gasteiger partial charge is 0.396 e. The molecule has 17 heavy (non-hydrogen) atoms. The molecule has 1 unspecified atom stereocenters. The fraction of sp³-hybridized carbons (Fsp3) is 0.667. The van der Waals surface area contributed by atoms with Gasteiger partial charge in [-0.25, -0.2) is 4.98 Å². The first-order valence-corrected chi connectivity index (χ1v) is 5.87. The number of nitrogens with zero attached hydrogens (tertiary/aromatic N) is 2. The Kier molecular flexibility index (Phi) is 4.69. The summed E-state index contributed by atoms with van der Waals surface area (Å²) in [7, 11) is 1.81. The van der Waals surface area contributed by atoms with E-state index < -0.39 is 0 Å². The third-order valence-corrected chi connectivity index (χ3v) is 3.01. The summed E-state index contributed by atoms with van der Waals surface area (Å²) in [5.41, 5.74) is 0.547. The summed E-state index contributed by atoms with van der Waals surface area (Å²) in [5, 5.41) is 11.9. The molecular weight excluding hydrogens is 218 g/mol. The number of rotatable bonds is 5. The first-order valence-electron chi connectivity index (χ1n) is 5.87. The quantitative estimate of drug-likeness (QED) is 0.801. The van der Waals surface area contributed by atoms with Crippen molar-refractivity contribution in [3.05, 3.63) is 17.7 Å². The standard InChI is InChI=1S/C12H21N3O2/c1-8(2)10(5-6-16)14-12(17)11-7-13-9(3)15(11)4/h7-8,10,16H,5-6H2,1-4H3,(H,14,17). The van der Waals surface area contributed by atoms with Crippen LogP contribution in [0.3, 0.4) is 0 Å². The van der Waals surface area contributed by atoms with Crippen molar-refractivity contribution >= 4 is 5.91 Å². The number of aryl methyl sites for hydroxylation is 1. The van der Waals surface area contributed by atoms with Gasteiger partial charge in [0.15, 0.2) is 0 Å². The summed E-state index contributed by atoms with van der Waals surface area (Å²) in [6, 6.07) is -0.0114. The molecule has 1 atom stereocenters. The van der Waals surface area contributed by atoms with Gasteiger partial charge in [-0.3, -0.25) is 4.79 Å². The summed E-state index contributed by atoms with van der Waals surface area (Å²) < 4.78 is 1.76. The topological polar surface area (TPSA) is 67.2 Å². The Labute approximate surface area is 102 Å². The van der Waals surface area contributed by atoms with Crippen LogP contribution in [0.2, 0.25) is 0 Å². The van der Waals surface area contributed by atoms with Crippen LogP contribution in [0.25, 0.3) is 0 Å². The van der Waals surface area contributed by atoms with Crippen molar-refractivity contribution in [2.75, 3.05) is 6.61 Å². The van der Waals surface area contributed by atoms with Gasteiger partial charge in [-0.15, -0.1) is 0 Å². The normalized spacial score (nSPS) is 12.8. The minimum atomic E-state index is -0.139. The van der Waals surface area contributed by atoms with E-state index in [0.29, 0.717) is 18.0 Å². The number of hydrogen-bond donors (Lipinski definition) is 2. The lowest BCUT2D eigenvalue weighted by atomic mass is 10.0. The average Bonchev–Trinajstić information content (AvgIpc) is 2.59. The maximum atomic E-state index is 12.0. The number of carbonyl (C=O) groups is 1. The monoisotopic (exact) mass is 239 g/mol. The summed E-state index contributed by atoms with van der Waals surface area (Å²) in [6.45, 7) is 5.97. The number of aliphatic hydroxyl groups is 1. The molecule has 1 aromatic heterocycles. The molecule has 5 heteroatoms. The van der Waals surface area contributed by atoms with Gasteiger partial charge in [0.05, 0.1) is 6.20 Å². The molecule has 0 saturated heterocycles.